The van der Waals surface area contributed by atoms with Crippen LogP contribution in [0.5, 0.6) is 11.5 Å². The zero-order valence-electron chi connectivity index (χ0n) is 13.7. The van der Waals surface area contributed by atoms with Crippen LogP contribution >= 0.6 is 11.3 Å². The third-order valence-electron chi connectivity index (χ3n) is 4.21. The van der Waals surface area contributed by atoms with Gasteiger partial charge in [-0.15, -0.1) is 11.3 Å². The molecule has 1 aliphatic rings. The summed E-state index contributed by atoms with van der Waals surface area (Å²) in [7, 11) is 3.42. The number of ether oxygens (including phenoxy) is 2. The molecule has 6 heteroatoms. The number of hydrogen-bond donors (Lipinski definition) is 0. The van der Waals surface area contributed by atoms with E-state index in [1.165, 1.54) is 10.4 Å². The van der Waals surface area contributed by atoms with Crippen molar-refractivity contribution in [3.8, 4) is 11.5 Å². The van der Waals surface area contributed by atoms with Gasteiger partial charge in [0.25, 0.3) is 0 Å². The molecule has 124 valence electrons. The molecule has 3 rings (SSSR count). The highest BCUT2D eigenvalue weighted by atomic mass is 32.1. The summed E-state index contributed by atoms with van der Waals surface area (Å²) in [6.45, 7) is 6.22. The fourth-order valence-electron chi connectivity index (χ4n) is 2.89. The van der Waals surface area contributed by atoms with E-state index in [9.17, 15) is 0 Å². The molecule has 0 atom stereocenters. The Bertz CT molecular complexity index is 610. The number of benzene rings is 1. The summed E-state index contributed by atoms with van der Waals surface area (Å²) in [5.74, 6) is 1.81. The Morgan fingerprint density at radius 3 is 2.39 bits per heavy atom. The molecule has 1 aromatic heterocycles. The molecule has 0 spiro atoms. The van der Waals surface area contributed by atoms with Crippen molar-refractivity contribution in [2.24, 2.45) is 0 Å². The summed E-state index contributed by atoms with van der Waals surface area (Å²) >= 11 is 1.73. The van der Waals surface area contributed by atoms with E-state index < -0.39 is 0 Å². The number of thiazole rings is 1. The van der Waals surface area contributed by atoms with Crippen molar-refractivity contribution >= 4 is 11.3 Å². The van der Waals surface area contributed by atoms with Crippen molar-refractivity contribution in [2.45, 2.75) is 13.1 Å². The lowest BCUT2D eigenvalue weighted by molar-refractivity contribution is 0.122. The summed E-state index contributed by atoms with van der Waals surface area (Å²) in [5, 5.41) is 0. The van der Waals surface area contributed by atoms with Crippen molar-refractivity contribution in [3.05, 3.63) is 40.3 Å². The maximum absolute atomic E-state index is 5.48. The van der Waals surface area contributed by atoms with Gasteiger partial charge in [0, 0.05) is 55.9 Å². The normalized spacial score (nSPS) is 16.4. The molecular weight excluding hydrogens is 310 g/mol. The van der Waals surface area contributed by atoms with Crippen molar-refractivity contribution in [1.29, 1.82) is 0 Å². The second-order valence-corrected chi connectivity index (χ2v) is 6.67. The minimum atomic E-state index is 0.879. The zero-order chi connectivity index (χ0) is 16.1. The van der Waals surface area contributed by atoms with Gasteiger partial charge in [-0.25, -0.2) is 0 Å². The van der Waals surface area contributed by atoms with Crippen LogP contribution in [0.25, 0.3) is 0 Å². The van der Waals surface area contributed by atoms with Gasteiger partial charge in [-0.05, 0) is 18.2 Å². The fraction of sp³-hybridized carbons (Fsp3) is 0.471. The van der Waals surface area contributed by atoms with Crippen LogP contribution in [0.1, 0.15) is 10.4 Å². The van der Waals surface area contributed by atoms with Gasteiger partial charge in [-0.1, -0.05) is 0 Å². The first kappa shape index (κ1) is 16.2. The molecule has 1 aromatic carbocycles. The molecule has 0 aliphatic carbocycles. The molecule has 0 saturated carbocycles. The van der Waals surface area contributed by atoms with Gasteiger partial charge >= 0.3 is 0 Å². The van der Waals surface area contributed by atoms with Crippen LogP contribution in [0.4, 0.5) is 0 Å². The predicted octanol–water partition coefficient (Wildman–Crippen LogP) is 2.48. The van der Waals surface area contributed by atoms with Gasteiger partial charge in [-0.2, -0.15) is 0 Å². The number of nitrogens with zero attached hydrogens (tertiary/aromatic N) is 3. The van der Waals surface area contributed by atoms with Gasteiger partial charge in [0.1, 0.15) is 11.5 Å². The Morgan fingerprint density at radius 2 is 1.78 bits per heavy atom. The fourth-order valence-corrected chi connectivity index (χ4v) is 3.53. The van der Waals surface area contributed by atoms with Gasteiger partial charge in [-0.3, -0.25) is 14.8 Å². The molecule has 0 unspecified atom stereocenters. The molecule has 23 heavy (non-hydrogen) atoms. The third kappa shape index (κ3) is 4.22. The minimum absolute atomic E-state index is 0.879. The molecule has 1 saturated heterocycles. The molecule has 2 heterocycles. The summed E-state index contributed by atoms with van der Waals surface area (Å²) < 4.78 is 10.8. The SMILES string of the molecule is COc1ccc(OC)c(CN2CCN(Cc3cncs3)CC2)c1. The third-order valence-corrected chi connectivity index (χ3v) is 4.97. The average molecular weight is 333 g/mol. The van der Waals surface area contributed by atoms with Crippen LogP contribution in [0.3, 0.4) is 0 Å². The zero-order valence-corrected chi connectivity index (χ0v) is 14.5. The molecule has 0 amide bonds. The van der Waals surface area contributed by atoms with E-state index in [1.807, 2.05) is 23.8 Å². The standard InChI is InChI=1S/C17H23N3O2S/c1-21-15-3-4-17(22-2)14(9-15)11-19-5-7-20(8-6-19)12-16-10-18-13-23-16/h3-4,9-10,13H,5-8,11-12H2,1-2H3. The van der Waals surface area contributed by atoms with E-state index in [0.29, 0.717) is 0 Å². The average Bonchev–Trinajstić information content (AvgIpc) is 3.09. The first-order valence-corrected chi connectivity index (χ1v) is 8.69. The van der Waals surface area contributed by atoms with Gasteiger partial charge in [0.2, 0.25) is 0 Å². The monoisotopic (exact) mass is 333 g/mol. The molecule has 5 nitrogen and oxygen atoms in total. The van der Waals surface area contributed by atoms with Crippen LogP contribution in [0.2, 0.25) is 0 Å². The summed E-state index contributed by atoms with van der Waals surface area (Å²) in [6, 6.07) is 5.99. The molecule has 0 radical (unpaired) electrons. The van der Waals surface area contributed by atoms with Crippen LogP contribution in [0, 0.1) is 0 Å². The number of aromatic nitrogens is 1. The predicted molar refractivity (Wildman–Crippen MR) is 92.2 cm³/mol. The summed E-state index contributed by atoms with van der Waals surface area (Å²) in [4.78, 5) is 10.5. The highest BCUT2D eigenvalue weighted by Crippen LogP contribution is 2.25. The van der Waals surface area contributed by atoms with E-state index in [-0.39, 0.29) is 0 Å². The lowest BCUT2D eigenvalue weighted by Crippen LogP contribution is -2.45. The van der Waals surface area contributed by atoms with Crippen molar-refractivity contribution in [3.63, 3.8) is 0 Å². The highest BCUT2D eigenvalue weighted by Gasteiger charge is 2.19. The number of hydrogen-bond acceptors (Lipinski definition) is 6. The van der Waals surface area contributed by atoms with E-state index in [0.717, 1.165) is 50.8 Å². The minimum Gasteiger partial charge on any atom is -0.497 e. The second kappa shape index (κ2) is 7.77. The Balaban J connectivity index is 1.56. The Kier molecular flexibility index (Phi) is 5.48. The lowest BCUT2D eigenvalue weighted by atomic mass is 10.1. The van der Waals surface area contributed by atoms with Crippen molar-refractivity contribution in [2.75, 3.05) is 40.4 Å². The van der Waals surface area contributed by atoms with Crippen LogP contribution in [-0.4, -0.2) is 55.2 Å². The smallest absolute Gasteiger partial charge is 0.123 e. The van der Waals surface area contributed by atoms with E-state index >= 15 is 0 Å². The van der Waals surface area contributed by atoms with Gasteiger partial charge < -0.3 is 9.47 Å². The number of rotatable bonds is 6. The van der Waals surface area contributed by atoms with Gasteiger partial charge in [0.05, 0.1) is 19.7 Å². The second-order valence-electron chi connectivity index (χ2n) is 5.70. The van der Waals surface area contributed by atoms with Crippen molar-refractivity contribution in [1.82, 2.24) is 14.8 Å². The van der Waals surface area contributed by atoms with Crippen LogP contribution in [-0.2, 0) is 13.1 Å². The molecule has 1 aliphatic heterocycles. The Labute approximate surface area is 141 Å². The van der Waals surface area contributed by atoms with Gasteiger partial charge in [0.15, 0.2) is 0 Å². The largest absolute Gasteiger partial charge is 0.497 e. The van der Waals surface area contributed by atoms with Crippen LogP contribution < -0.4 is 9.47 Å². The van der Waals surface area contributed by atoms with E-state index in [2.05, 4.69) is 20.9 Å². The van der Waals surface area contributed by atoms with Crippen molar-refractivity contribution < 1.29 is 9.47 Å². The van der Waals surface area contributed by atoms with E-state index in [4.69, 9.17) is 9.47 Å². The highest BCUT2D eigenvalue weighted by molar-refractivity contribution is 7.09. The number of methoxy groups -OCH3 is 2. The lowest BCUT2D eigenvalue weighted by Gasteiger charge is -2.34. The Hall–Kier alpha value is -1.63. The molecule has 0 N–H and O–H groups in total. The first-order chi connectivity index (χ1) is 11.3. The molecular formula is C17H23N3O2S. The maximum Gasteiger partial charge on any atom is 0.123 e. The summed E-state index contributed by atoms with van der Waals surface area (Å²) in [6.07, 6.45) is 1.97. The first-order valence-electron chi connectivity index (χ1n) is 7.81. The van der Waals surface area contributed by atoms with Crippen LogP contribution in [0.15, 0.2) is 29.9 Å². The maximum atomic E-state index is 5.48. The molecule has 2 aromatic rings. The molecule has 0 bridgehead atoms. The quantitative estimate of drug-likeness (QED) is 0.812. The summed E-state index contributed by atoms with van der Waals surface area (Å²) in [5.41, 5.74) is 3.09. The van der Waals surface area contributed by atoms with E-state index in [1.54, 1.807) is 25.6 Å². The molecule has 1 fully saturated rings. The number of piperazine rings is 1. The Morgan fingerprint density at radius 1 is 1.04 bits per heavy atom. The topological polar surface area (TPSA) is 37.8 Å².